The van der Waals surface area contributed by atoms with Crippen LogP contribution in [0.4, 0.5) is 10.3 Å². The van der Waals surface area contributed by atoms with Gasteiger partial charge in [0, 0.05) is 18.5 Å². The molecule has 28 heavy (non-hydrogen) atoms. The Labute approximate surface area is 165 Å². The van der Waals surface area contributed by atoms with Crippen LogP contribution in [0, 0.1) is 12.7 Å². The van der Waals surface area contributed by atoms with Gasteiger partial charge in [-0.1, -0.05) is 11.6 Å². The zero-order chi connectivity index (χ0) is 19.5. The Morgan fingerprint density at radius 1 is 1.29 bits per heavy atom. The number of carbonyl (C=O) groups is 1. The molecule has 1 amide bonds. The van der Waals surface area contributed by atoms with Crippen molar-refractivity contribution >= 4 is 22.8 Å². The molecule has 1 fully saturated rings. The van der Waals surface area contributed by atoms with E-state index in [0.717, 1.165) is 37.9 Å². The molecule has 4 rings (SSSR count). The Kier molecular flexibility index (Phi) is 5.55. The van der Waals surface area contributed by atoms with Crippen LogP contribution in [-0.4, -0.2) is 35.0 Å². The van der Waals surface area contributed by atoms with Crippen molar-refractivity contribution in [1.82, 2.24) is 15.3 Å². The Hall–Kier alpha value is -2.50. The molecule has 1 aliphatic carbocycles. The second-order valence-corrected chi connectivity index (χ2v) is 7.77. The van der Waals surface area contributed by atoms with Crippen LogP contribution in [0.1, 0.15) is 50.6 Å². The summed E-state index contributed by atoms with van der Waals surface area (Å²) < 4.78 is 13.5. The summed E-state index contributed by atoms with van der Waals surface area (Å²) in [5, 5.41) is 3.82. The molecule has 1 aromatic heterocycles. The largest absolute Gasteiger partial charge is 0.354 e. The third-order valence-electron chi connectivity index (χ3n) is 5.78. The first kappa shape index (κ1) is 18.8. The van der Waals surface area contributed by atoms with Crippen molar-refractivity contribution in [2.75, 3.05) is 18.0 Å². The van der Waals surface area contributed by atoms with Crippen molar-refractivity contribution in [1.29, 1.82) is 0 Å². The molecule has 2 aliphatic rings. The molecule has 1 saturated heterocycles. The van der Waals surface area contributed by atoms with Crippen LogP contribution in [0.5, 0.6) is 0 Å². The molecule has 1 N–H and O–H groups in total. The number of hydrogen-bond donors (Lipinski definition) is 1. The van der Waals surface area contributed by atoms with Crippen molar-refractivity contribution in [3.63, 3.8) is 0 Å². The van der Waals surface area contributed by atoms with Gasteiger partial charge in [0.25, 0.3) is 0 Å². The Balaban J connectivity index is 1.45. The molecule has 1 atom stereocenters. The van der Waals surface area contributed by atoms with Gasteiger partial charge in [-0.25, -0.2) is 14.4 Å². The third kappa shape index (κ3) is 4.01. The Bertz CT molecular complexity index is 911. The molecule has 2 heterocycles. The average molecular weight is 382 g/mol. The number of amides is 1. The van der Waals surface area contributed by atoms with E-state index in [2.05, 4.69) is 21.4 Å². The number of nitrogens with zero attached hydrogens (tertiary/aromatic N) is 3. The van der Waals surface area contributed by atoms with Gasteiger partial charge in [-0.05, 0) is 70.1 Å². The smallest absolute Gasteiger partial charge is 0.242 e. The Morgan fingerprint density at radius 3 is 3.00 bits per heavy atom. The minimum atomic E-state index is -0.293. The predicted octanol–water partition coefficient (Wildman–Crippen LogP) is 4.05. The number of nitrogens with one attached hydrogen (secondary N) is 1. The normalized spacial score (nSPS) is 19.7. The minimum Gasteiger partial charge on any atom is -0.354 e. The zero-order valence-corrected chi connectivity index (χ0v) is 16.4. The van der Waals surface area contributed by atoms with Gasteiger partial charge in [-0.2, -0.15) is 0 Å². The summed E-state index contributed by atoms with van der Waals surface area (Å²) in [5.41, 5.74) is 2.91. The van der Waals surface area contributed by atoms with Crippen LogP contribution >= 0.6 is 0 Å². The highest BCUT2D eigenvalue weighted by molar-refractivity contribution is 5.86. The van der Waals surface area contributed by atoms with E-state index >= 15 is 0 Å². The standard InChI is InChI=1S/C22H27FN4O/c1-15-18-14-17(23)9-10-19(18)26-22(25-15)27-13-5-8-20(27)21(28)24-12-11-16-6-3-2-4-7-16/h6,9-10,14,20H,2-5,7-8,11-13H2,1H3,(H,24,28). The van der Waals surface area contributed by atoms with Crippen LogP contribution in [0.2, 0.25) is 0 Å². The van der Waals surface area contributed by atoms with Crippen molar-refractivity contribution < 1.29 is 9.18 Å². The maximum Gasteiger partial charge on any atom is 0.242 e. The molecule has 148 valence electrons. The van der Waals surface area contributed by atoms with Gasteiger partial charge in [0.15, 0.2) is 0 Å². The number of aryl methyl sites for hydroxylation is 1. The van der Waals surface area contributed by atoms with Crippen molar-refractivity contribution in [2.24, 2.45) is 0 Å². The highest BCUT2D eigenvalue weighted by Crippen LogP contribution is 2.26. The molecule has 2 aromatic rings. The van der Waals surface area contributed by atoms with E-state index in [0.29, 0.717) is 23.4 Å². The maximum absolute atomic E-state index is 13.5. The molecule has 0 bridgehead atoms. The molecule has 1 aromatic carbocycles. The number of aromatic nitrogens is 2. The lowest BCUT2D eigenvalue weighted by molar-refractivity contribution is -0.122. The summed E-state index contributed by atoms with van der Waals surface area (Å²) in [4.78, 5) is 24.0. The highest BCUT2D eigenvalue weighted by Gasteiger charge is 2.32. The van der Waals surface area contributed by atoms with Crippen LogP contribution in [0.15, 0.2) is 29.8 Å². The Morgan fingerprint density at radius 2 is 2.18 bits per heavy atom. The average Bonchev–Trinajstić information content (AvgIpc) is 3.19. The molecule has 0 saturated carbocycles. The fourth-order valence-corrected chi connectivity index (χ4v) is 4.24. The molecule has 0 spiro atoms. The summed E-state index contributed by atoms with van der Waals surface area (Å²) in [7, 11) is 0. The van der Waals surface area contributed by atoms with E-state index in [-0.39, 0.29) is 17.8 Å². The van der Waals surface area contributed by atoms with Gasteiger partial charge >= 0.3 is 0 Å². The molecular formula is C22H27FN4O. The van der Waals surface area contributed by atoms with Gasteiger partial charge < -0.3 is 10.2 Å². The highest BCUT2D eigenvalue weighted by atomic mass is 19.1. The van der Waals surface area contributed by atoms with Crippen LogP contribution < -0.4 is 10.2 Å². The van der Waals surface area contributed by atoms with Crippen LogP contribution in [0.3, 0.4) is 0 Å². The first-order chi connectivity index (χ1) is 13.6. The van der Waals surface area contributed by atoms with E-state index in [9.17, 15) is 9.18 Å². The fraction of sp³-hybridized carbons (Fsp3) is 0.500. The predicted molar refractivity (Wildman–Crippen MR) is 109 cm³/mol. The number of anilines is 1. The van der Waals surface area contributed by atoms with Crippen LogP contribution in [-0.2, 0) is 4.79 Å². The second kappa shape index (κ2) is 8.25. The summed E-state index contributed by atoms with van der Waals surface area (Å²) in [6.07, 6.45) is 9.88. The topological polar surface area (TPSA) is 58.1 Å². The quantitative estimate of drug-likeness (QED) is 0.793. The number of carbonyl (C=O) groups excluding carboxylic acids is 1. The molecule has 6 heteroatoms. The summed E-state index contributed by atoms with van der Waals surface area (Å²) in [5.74, 6) is 0.317. The lowest BCUT2D eigenvalue weighted by Crippen LogP contribution is -2.44. The SMILES string of the molecule is Cc1nc(N2CCCC2C(=O)NCCC2=CCCCC2)nc2ccc(F)cc12. The van der Waals surface area contributed by atoms with Crippen molar-refractivity contribution in [3.8, 4) is 0 Å². The van der Waals surface area contributed by atoms with E-state index in [1.807, 2.05) is 11.8 Å². The van der Waals surface area contributed by atoms with Crippen molar-refractivity contribution in [3.05, 3.63) is 41.4 Å². The van der Waals surface area contributed by atoms with Gasteiger partial charge in [-0.15, -0.1) is 0 Å². The number of benzene rings is 1. The summed E-state index contributed by atoms with van der Waals surface area (Å²) in [6, 6.07) is 4.30. The van der Waals surface area contributed by atoms with E-state index < -0.39 is 0 Å². The molecule has 5 nitrogen and oxygen atoms in total. The lowest BCUT2D eigenvalue weighted by atomic mass is 9.97. The van der Waals surface area contributed by atoms with Gasteiger partial charge in [0.2, 0.25) is 11.9 Å². The monoisotopic (exact) mass is 382 g/mol. The van der Waals surface area contributed by atoms with Gasteiger partial charge in [0.05, 0.1) is 11.2 Å². The summed E-state index contributed by atoms with van der Waals surface area (Å²) >= 11 is 0. The van der Waals surface area contributed by atoms with E-state index in [4.69, 9.17) is 0 Å². The number of allylic oxidation sites excluding steroid dienone is 1. The van der Waals surface area contributed by atoms with Crippen molar-refractivity contribution in [2.45, 2.75) is 57.9 Å². The van der Waals surface area contributed by atoms with Crippen LogP contribution in [0.25, 0.3) is 10.9 Å². The van der Waals surface area contributed by atoms with E-state index in [1.54, 1.807) is 6.07 Å². The molecule has 1 unspecified atom stereocenters. The molecule has 1 aliphatic heterocycles. The van der Waals surface area contributed by atoms with E-state index in [1.165, 1.54) is 37.0 Å². The maximum atomic E-state index is 13.5. The number of halogens is 1. The molecular weight excluding hydrogens is 355 g/mol. The zero-order valence-electron chi connectivity index (χ0n) is 16.4. The minimum absolute atomic E-state index is 0.0503. The van der Waals surface area contributed by atoms with Gasteiger partial charge in [-0.3, -0.25) is 4.79 Å². The second-order valence-electron chi connectivity index (χ2n) is 7.77. The number of hydrogen-bond acceptors (Lipinski definition) is 4. The number of fused-ring (bicyclic) bond motifs is 1. The summed E-state index contributed by atoms with van der Waals surface area (Å²) in [6.45, 7) is 3.30. The number of rotatable bonds is 5. The third-order valence-corrected chi connectivity index (χ3v) is 5.78. The lowest BCUT2D eigenvalue weighted by Gasteiger charge is -2.24. The fourth-order valence-electron chi connectivity index (χ4n) is 4.24. The van der Waals surface area contributed by atoms with Gasteiger partial charge in [0.1, 0.15) is 11.9 Å². The first-order valence-electron chi connectivity index (χ1n) is 10.3. The first-order valence-corrected chi connectivity index (χ1v) is 10.3. The molecule has 0 radical (unpaired) electrons.